The van der Waals surface area contributed by atoms with Crippen molar-refractivity contribution >= 4 is 43.1 Å². The van der Waals surface area contributed by atoms with Gasteiger partial charge in [0.15, 0.2) is 0 Å². The summed E-state index contributed by atoms with van der Waals surface area (Å²) in [5.41, 5.74) is 15.5. The maximum absolute atomic E-state index is 2.41. The molecule has 0 heteroatoms. The second-order valence-corrected chi connectivity index (χ2v) is 14.7. The molecule has 53 heavy (non-hydrogen) atoms. The summed E-state index contributed by atoms with van der Waals surface area (Å²) in [6, 6.07) is 72.8. The summed E-state index contributed by atoms with van der Waals surface area (Å²) in [7, 11) is 0. The highest BCUT2D eigenvalue weighted by atomic mass is 14.5. The van der Waals surface area contributed by atoms with Crippen LogP contribution in [0.3, 0.4) is 0 Å². The van der Waals surface area contributed by atoms with E-state index in [1.165, 1.54) is 110 Å². The fourth-order valence-corrected chi connectivity index (χ4v) is 10.1. The molecule has 2 aliphatic carbocycles. The zero-order valence-electron chi connectivity index (χ0n) is 29.0. The lowest BCUT2D eigenvalue weighted by Crippen LogP contribution is -2.26. The van der Waals surface area contributed by atoms with Crippen molar-refractivity contribution in [1.82, 2.24) is 0 Å². The number of benzene rings is 10. The molecule has 0 unspecified atom stereocenters. The lowest BCUT2D eigenvalue weighted by molar-refractivity contribution is 0.809. The van der Waals surface area contributed by atoms with Crippen LogP contribution in [0, 0.1) is 0 Å². The van der Waals surface area contributed by atoms with Gasteiger partial charge < -0.3 is 0 Å². The van der Waals surface area contributed by atoms with E-state index in [1.54, 1.807) is 0 Å². The molecular formula is C53H32. The molecule has 1 spiro atoms. The molecule has 0 bridgehead atoms. The second kappa shape index (κ2) is 10.6. The Bertz CT molecular complexity index is 3130. The monoisotopic (exact) mass is 668 g/mol. The van der Waals surface area contributed by atoms with E-state index >= 15 is 0 Å². The Morgan fingerprint density at radius 2 is 0.774 bits per heavy atom. The third kappa shape index (κ3) is 3.80. The first-order chi connectivity index (χ1) is 26.3. The number of fused-ring (bicyclic) bond motifs is 17. The van der Waals surface area contributed by atoms with E-state index in [4.69, 9.17) is 0 Å². The second-order valence-electron chi connectivity index (χ2n) is 14.7. The van der Waals surface area contributed by atoms with E-state index in [2.05, 4.69) is 194 Å². The van der Waals surface area contributed by atoms with Crippen LogP contribution in [0.1, 0.15) is 22.3 Å². The fourth-order valence-electron chi connectivity index (χ4n) is 10.1. The molecule has 244 valence electrons. The molecule has 0 nitrogen and oxygen atoms in total. The van der Waals surface area contributed by atoms with Crippen LogP contribution in [-0.2, 0) is 5.41 Å². The first kappa shape index (κ1) is 28.9. The summed E-state index contributed by atoms with van der Waals surface area (Å²) < 4.78 is 0. The van der Waals surface area contributed by atoms with Gasteiger partial charge >= 0.3 is 0 Å². The maximum Gasteiger partial charge on any atom is 0.0737 e. The highest BCUT2D eigenvalue weighted by molar-refractivity contribution is 6.14. The Morgan fingerprint density at radius 1 is 0.245 bits per heavy atom. The number of rotatable bonds is 2. The minimum Gasteiger partial charge on any atom is -0.0619 e. The van der Waals surface area contributed by atoms with Gasteiger partial charge in [-0.1, -0.05) is 176 Å². The molecule has 10 aromatic carbocycles. The fraction of sp³-hybridized carbons (Fsp3) is 0.0189. The molecule has 0 radical (unpaired) electrons. The van der Waals surface area contributed by atoms with Gasteiger partial charge in [-0.25, -0.2) is 0 Å². The first-order valence-corrected chi connectivity index (χ1v) is 18.6. The minimum atomic E-state index is -0.420. The average molecular weight is 669 g/mol. The van der Waals surface area contributed by atoms with Crippen molar-refractivity contribution in [3.05, 3.63) is 216 Å². The lowest BCUT2D eigenvalue weighted by atomic mass is 9.68. The Morgan fingerprint density at radius 3 is 1.53 bits per heavy atom. The molecule has 2 aliphatic rings. The van der Waals surface area contributed by atoms with E-state index in [9.17, 15) is 0 Å². The molecule has 0 saturated carbocycles. The van der Waals surface area contributed by atoms with Gasteiger partial charge in [-0.3, -0.25) is 0 Å². The van der Waals surface area contributed by atoms with Gasteiger partial charge in [0, 0.05) is 0 Å². The van der Waals surface area contributed by atoms with Gasteiger partial charge in [-0.05, 0) is 128 Å². The molecule has 0 aliphatic heterocycles. The largest absolute Gasteiger partial charge is 0.0737 e. The minimum absolute atomic E-state index is 0.420. The topological polar surface area (TPSA) is 0 Å². The summed E-state index contributed by atoms with van der Waals surface area (Å²) in [4.78, 5) is 0. The summed E-state index contributed by atoms with van der Waals surface area (Å²) in [6.45, 7) is 0. The SMILES string of the molecule is c1cc(-c2ccc3c4c(ccc3c2)-c2ccc3ccccc3c2C42c3ccccc3-c3ccccc32)cc(-c2cc3ccccc3c3ccccc23)c1. The van der Waals surface area contributed by atoms with Crippen molar-refractivity contribution in [2.24, 2.45) is 0 Å². The van der Waals surface area contributed by atoms with Crippen LogP contribution in [-0.4, -0.2) is 0 Å². The average Bonchev–Trinajstić information content (AvgIpc) is 3.71. The standard InChI is InChI=1S/C53H32/c1-4-17-40-33(12-1)24-28-46-47-29-26-38-31-35(34-14-11-15-36(30-34)48-32-37-13-2-3-16-39(37)42-18-5-6-19-43(42)48)25-27-41(38)52(47)53(51(40)46)49-22-9-7-20-44(49)45-21-8-10-23-50(45)53/h1-32H. The normalized spacial score (nSPS) is 13.4. The van der Waals surface area contributed by atoms with Crippen LogP contribution in [0.4, 0.5) is 0 Å². The summed E-state index contributed by atoms with van der Waals surface area (Å²) in [5.74, 6) is 0. The molecule has 12 rings (SSSR count). The molecule has 0 N–H and O–H groups in total. The summed E-state index contributed by atoms with van der Waals surface area (Å²) in [6.07, 6.45) is 0. The van der Waals surface area contributed by atoms with Crippen molar-refractivity contribution in [3.63, 3.8) is 0 Å². The van der Waals surface area contributed by atoms with Crippen LogP contribution in [0.25, 0.3) is 87.6 Å². The quantitative estimate of drug-likeness (QED) is 0.161. The Kier molecular flexibility index (Phi) is 5.80. The maximum atomic E-state index is 2.41. The van der Waals surface area contributed by atoms with Gasteiger partial charge in [0.2, 0.25) is 0 Å². The van der Waals surface area contributed by atoms with Crippen LogP contribution in [0.2, 0.25) is 0 Å². The number of hydrogen-bond acceptors (Lipinski definition) is 0. The van der Waals surface area contributed by atoms with Gasteiger partial charge in [-0.15, -0.1) is 0 Å². The third-order valence-electron chi connectivity index (χ3n) is 12.2. The number of hydrogen-bond donors (Lipinski definition) is 0. The van der Waals surface area contributed by atoms with Crippen molar-refractivity contribution in [2.45, 2.75) is 5.41 Å². The zero-order chi connectivity index (χ0) is 34.7. The van der Waals surface area contributed by atoms with Crippen molar-refractivity contribution in [3.8, 4) is 44.5 Å². The van der Waals surface area contributed by atoms with Crippen molar-refractivity contribution in [1.29, 1.82) is 0 Å². The summed E-state index contributed by atoms with van der Waals surface area (Å²) >= 11 is 0. The molecule has 0 amide bonds. The van der Waals surface area contributed by atoms with E-state index in [0.717, 1.165) is 0 Å². The van der Waals surface area contributed by atoms with Crippen LogP contribution < -0.4 is 0 Å². The van der Waals surface area contributed by atoms with Crippen molar-refractivity contribution in [2.75, 3.05) is 0 Å². The highest BCUT2D eigenvalue weighted by Crippen LogP contribution is 2.65. The molecule has 0 atom stereocenters. The Balaban J connectivity index is 1.10. The van der Waals surface area contributed by atoms with Gasteiger partial charge in [0.1, 0.15) is 0 Å². The predicted molar refractivity (Wildman–Crippen MR) is 224 cm³/mol. The van der Waals surface area contributed by atoms with Crippen molar-refractivity contribution < 1.29 is 0 Å². The van der Waals surface area contributed by atoms with E-state index < -0.39 is 5.41 Å². The van der Waals surface area contributed by atoms with Crippen LogP contribution in [0.5, 0.6) is 0 Å². The van der Waals surface area contributed by atoms with Gasteiger partial charge in [0.05, 0.1) is 5.41 Å². The van der Waals surface area contributed by atoms with E-state index in [1.807, 2.05) is 0 Å². The highest BCUT2D eigenvalue weighted by Gasteiger charge is 2.53. The zero-order valence-corrected chi connectivity index (χ0v) is 29.0. The Labute approximate surface area is 308 Å². The van der Waals surface area contributed by atoms with E-state index in [0.29, 0.717) is 0 Å². The third-order valence-corrected chi connectivity index (χ3v) is 12.2. The molecule has 10 aromatic rings. The molecule has 0 saturated heterocycles. The molecule has 0 aromatic heterocycles. The van der Waals surface area contributed by atoms with Gasteiger partial charge in [0.25, 0.3) is 0 Å². The smallest absolute Gasteiger partial charge is 0.0619 e. The molecule has 0 fully saturated rings. The Hall–Kier alpha value is -6.76. The van der Waals surface area contributed by atoms with Gasteiger partial charge in [-0.2, -0.15) is 0 Å². The first-order valence-electron chi connectivity index (χ1n) is 18.6. The lowest BCUT2D eigenvalue weighted by Gasteiger charge is -2.32. The predicted octanol–water partition coefficient (Wildman–Crippen LogP) is 14.0. The van der Waals surface area contributed by atoms with Crippen LogP contribution >= 0.6 is 0 Å². The molecular weight excluding hydrogens is 637 g/mol. The van der Waals surface area contributed by atoms with Crippen LogP contribution in [0.15, 0.2) is 194 Å². The molecule has 0 heterocycles. The van der Waals surface area contributed by atoms with E-state index in [-0.39, 0.29) is 0 Å². The summed E-state index contributed by atoms with van der Waals surface area (Å²) in [5, 5.41) is 10.3.